The van der Waals surface area contributed by atoms with Gasteiger partial charge in [0.15, 0.2) is 0 Å². The summed E-state index contributed by atoms with van der Waals surface area (Å²) >= 11 is 9.26. The van der Waals surface area contributed by atoms with Crippen LogP contribution in [-0.2, 0) is 6.61 Å². The Balaban J connectivity index is 2.19. The highest BCUT2D eigenvalue weighted by molar-refractivity contribution is 9.10. The molecule has 0 saturated carbocycles. The van der Waals surface area contributed by atoms with Crippen molar-refractivity contribution in [3.63, 3.8) is 0 Å². The molecule has 0 amide bonds. The number of nitro groups is 1. The number of nitrogens with zero attached hydrogens (tertiary/aromatic N) is 1. The van der Waals surface area contributed by atoms with Crippen molar-refractivity contribution in [3.8, 4) is 5.75 Å². The molecule has 0 spiro atoms. The molecule has 0 aliphatic carbocycles. The second-order valence-electron chi connectivity index (χ2n) is 3.76. The molecule has 0 aliphatic heterocycles. The van der Waals surface area contributed by atoms with Gasteiger partial charge in [-0.2, -0.15) is 0 Å². The van der Waals surface area contributed by atoms with Crippen molar-refractivity contribution in [2.45, 2.75) is 6.61 Å². The van der Waals surface area contributed by atoms with E-state index in [0.717, 1.165) is 10.0 Å². The second kappa shape index (κ2) is 6.04. The van der Waals surface area contributed by atoms with Gasteiger partial charge < -0.3 is 4.74 Å². The van der Waals surface area contributed by atoms with Crippen LogP contribution in [-0.4, -0.2) is 4.92 Å². The van der Waals surface area contributed by atoms with Crippen LogP contribution in [0.5, 0.6) is 5.75 Å². The number of ether oxygens (including phenoxy) is 1. The van der Waals surface area contributed by atoms with E-state index < -0.39 is 4.92 Å². The Morgan fingerprint density at radius 3 is 2.53 bits per heavy atom. The van der Waals surface area contributed by atoms with E-state index in [1.165, 1.54) is 12.1 Å². The summed E-state index contributed by atoms with van der Waals surface area (Å²) in [5.41, 5.74) is 0.766. The lowest BCUT2D eigenvalue weighted by atomic mass is 10.2. The molecule has 98 valence electrons. The van der Waals surface area contributed by atoms with E-state index in [1.54, 1.807) is 6.07 Å². The van der Waals surface area contributed by atoms with E-state index in [0.29, 0.717) is 0 Å². The summed E-state index contributed by atoms with van der Waals surface area (Å²) in [6.45, 7) is 0.220. The lowest BCUT2D eigenvalue weighted by Gasteiger charge is -2.08. The molecule has 0 atom stereocenters. The first-order valence-corrected chi connectivity index (χ1v) is 6.55. The quantitative estimate of drug-likeness (QED) is 0.603. The molecule has 0 aromatic heterocycles. The fourth-order valence-corrected chi connectivity index (χ4v) is 2.01. The highest BCUT2D eigenvalue weighted by atomic mass is 79.9. The molecule has 2 rings (SSSR count). The Hall–Kier alpha value is -1.59. The second-order valence-corrected chi connectivity index (χ2v) is 5.08. The molecule has 19 heavy (non-hydrogen) atoms. The predicted octanol–water partition coefficient (Wildman–Crippen LogP) is 4.59. The van der Waals surface area contributed by atoms with Crippen LogP contribution in [0.15, 0.2) is 46.9 Å². The van der Waals surface area contributed by atoms with E-state index in [4.69, 9.17) is 16.3 Å². The zero-order chi connectivity index (χ0) is 13.8. The lowest BCUT2D eigenvalue weighted by Crippen LogP contribution is -1.99. The number of nitro benzene ring substituents is 1. The first-order chi connectivity index (χ1) is 9.08. The van der Waals surface area contributed by atoms with E-state index in [-0.39, 0.29) is 23.1 Å². The van der Waals surface area contributed by atoms with Gasteiger partial charge in [0.25, 0.3) is 0 Å². The van der Waals surface area contributed by atoms with Gasteiger partial charge in [-0.25, -0.2) is 0 Å². The molecule has 0 radical (unpaired) electrons. The van der Waals surface area contributed by atoms with Gasteiger partial charge in [-0.15, -0.1) is 0 Å². The normalized spacial score (nSPS) is 10.2. The van der Waals surface area contributed by atoms with Crippen LogP contribution in [0, 0.1) is 10.1 Å². The van der Waals surface area contributed by atoms with Gasteiger partial charge in [-0.1, -0.05) is 45.7 Å². The standard InChI is InChI=1S/C13H9BrClNO3/c14-10-6-4-9(5-7-10)8-19-13-11(15)2-1-3-12(13)16(17)18/h1-7H,8H2. The monoisotopic (exact) mass is 341 g/mol. The molecule has 0 aliphatic rings. The SMILES string of the molecule is O=[N+]([O-])c1cccc(Cl)c1OCc1ccc(Br)cc1. The number of hydrogen-bond donors (Lipinski definition) is 0. The minimum absolute atomic E-state index is 0.0945. The van der Waals surface area contributed by atoms with E-state index in [1.807, 2.05) is 24.3 Å². The molecular formula is C13H9BrClNO3. The summed E-state index contributed by atoms with van der Waals surface area (Å²) in [4.78, 5) is 10.4. The maximum atomic E-state index is 10.9. The minimum Gasteiger partial charge on any atom is -0.481 e. The maximum absolute atomic E-state index is 10.9. The zero-order valence-electron chi connectivity index (χ0n) is 9.68. The number of halogens is 2. The number of benzene rings is 2. The molecule has 0 unspecified atom stereocenters. The number of hydrogen-bond acceptors (Lipinski definition) is 3. The van der Waals surface area contributed by atoms with Crippen molar-refractivity contribution in [3.05, 3.63) is 67.6 Å². The minimum atomic E-state index is -0.511. The van der Waals surface area contributed by atoms with Crippen molar-refractivity contribution in [1.82, 2.24) is 0 Å². The van der Waals surface area contributed by atoms with E-state index in [2.05, 4.69) is 15.9 Å². The van der Waals surface area contributed by atoms with Crippen molar-refractivity contribution in [2.75, 3.05) is 0 Å². The molecule has 0 saturated heterocycles. The Kier molecular flexibility index (Phi) is 4.39. The van der Waals surface area contributed by atoms with Crippen LogP contribution in [0.2, 0.25) is 5.02 Å². The van der Waals surface area contributed by atoms with Gasteiger partial charge in [0, 0.05) is 10.5 Å². The van der Waals surface area contributed by atoms with Crippen LogP contribution in [0.4, 0.5) is 5.69 Å². The first-order valence-electron chi connectivity index (χ1n) is 5.38. The summed E-state index contributed by atoms with van der Waals surface area (Å²) in [6.07, 6.45) is 0. The molecule has 2 aromatic rings. The fourth-order valence-electron chi connectivity index (χ4n) is 1.52. The highest BCUT2D eigenvalue weighted by Gasteiger charge is 2.18. The Labute approximate surface area is 123 Å². The van der Waals surface area contributed by atoms with Crippen LogP contribution >= 0.6 is 27.5 Å². The molecule has 0 fully saturated rings. The maximum Gasteiger partial charge on any atom is 0.312 e. The van der Waals surface area contributed by atoms with Crippen LogP contribution in [0.3, 0.4) is 0 Å². The number of para-hydroxylation sites is 1. The Morgan fingerprint density at radius 1 is 1.21 bits per heavy atom. The largest absolute Gasteiger partial charge is 0.481 e. The third-order valence-corrected chi connectivity index (χ3v) is 3.27. The molecule has 4 nitrogen and oxygen atoms in total. The van der Waals surface area contributed by atoms with Crippen molar-refractivity contribution in [2.24, 2.45) is 0 Å². The highest BCUT2D eigenvalue weighted by Crippen LogP contribution is 2.34. The third kappa shape index (κ3) is 3.45. The Bertz CT molecular complexity index is 601. The molecule has 2 aromatic carbocycles. The molecule has 0 heterocycles. The van der Waals surface area contributed by atoms with Gasteiger partial charge in [0.05, 0.1) is 9.95 Å². The van der Waals surface area contributed by atoms with Gasteiger partial charge in [-0.05, 0) is 23.8 Å². The smallest absolute Gasteiger partial charge is 0.312 e. The average Bonchev–Trinajstić information content (AvgIpc) is 2.39. The predicted molar refractivity (Wildman–Crippen MR) is 76.6 cm³/mol. The van der Waals surface area contributed by atoms with Gasteiger partial charge in [-0.3, -0.25) is 10.1 Å². The zero-order valence-corrected chi connectivity index (χ0v) is 12.0. The van der Waals surface area contributed by atoms with Crippen molar-refractivity contribution >= 4 is 33.2 Å². The van der Waals surface area contributed by atoms with E-state index >= 15 is 0 Å². The molecule has 6 heteroatoms. The number of rotatable bonds is 4. The van der Waals surface area contributed by atoms with E-state index in [9.17, 15) is 10.1 Å². The topological polar surface area (TPSA) is 52.4 Å². The van der Waals surface area contributed by atoms with Gasteiger partial charge in [0.1, 0.15) is 6.61 Å². The first kappa shape index (κ1) is 13.8. The van der Waals surface area contributed by atoms with Crippen molar-refractivity contribution in [1.29, 1.82) is 0 Å². The van der Waals surface area contributed by atoms with Crippen LogP contribution < -0.4 is 4.74 Å². The fraction of sp³-hybridized carbons (Fsp3) is 0.0769. The Morgan fingerprint density at radius 2 is 1.89 bits per heavy atom. The lowest BCUT2D eigenvalue weighted by molar-refractivity contribution is -0.385. The van der Waals surface area contributed by atoms with Gasteiger partial charge in [0.2, 0.25) is 5.75 Å². The van der Waals surface area contributed by atoms with Crippen LogP contribution in [0.1, 0.15) is 5.56 Å². The summed E-state index contributed by atoms with van der Waals surface area (Å²) in [7, 11) is 0. The summed E-state index contributed by atoms with van der Waals surface area (Å²) in [6, 6.07) is 11.9. The van der Waals surface area contributed by atoms with Crippen molar-refractivity contribution < 1.29 is 9.66 Å². The van der Waals surface area contributed by atoms with Crippen LogP contribution in [0.25, 0.3) is 0 Å². The third-order valence-electron chi connectivity index (χ3n) is 2.44. The molecule has 0 N–H and O–H groups in total. The summed E-state index contributed by atoms with van der Waals surface area (Å²) < 4.78 is 6.42. The molecular weight excluding hydrogens is 334 g/mol. The summed E-state index contributed by atoms with van der Waals surface area (Å²) in [5, 5.41) is 11.1. The molecule has 0 bridgehead atoms. The summed E-state index contributed by atoms with van der Waals surface area (Å²) in [5.74, 6) is 0.0945. The average molecular weight is 343 g/mol. The van der Waals surface area contributed by atoms with Gasteiger partial charge >= 0.3 is 5.69 Å².